The zero-order chi connectivity index (χ0) is 17.6. The smallest absolute Gasteiger partial charge is 0.234 e. The summed E-state index contributed by atoms with van der Waals surface area (Å²) >= 11 is 0. The SMILES string of the molecule is Cn1cc(-c2cnn3c(N)cc([C@H]4CC[C@@H](C(N)=O)NC4)nc23)cn1. The van der Waals surface area contributed by atoms with Crippen LogP contribution in [-0.4, -0.2) is 42.9 Å². The molecule has 0 unspecified atom stereocenters. The lowest BCUT2D eigenvalue weighted by Crippen LogP contribution is -2.46. The van der Waals surface area contributed by atoms with E-state index in [-0.39, 0.29) is 17.9 Å². The van der Waals surface area contributed by atoms with Crippen molar-refractivity contribution in [2.45, 2.75) is 24.8 Å². The molecule has 0 spiro atoms. The number of piperidine rings is 1. The highest BCUT2D eigenvalue weighted by Gasteiger charge is 2.26. The number of aryl methyl sites for hydroxylation is 1. The predicted molar refractivity (Wildman–Crippen MR) is 92.6 cm³/mol. The van der Waals surface area contributed by atoms with Crippen LogP contribution >= 0.6 is 0 Å². The van der Waals surface area contributed by atoms with Crippen LogP contribution in [0.2, 0.25) is 0 Å². The van der Waals surface area contributed by atoms with Gasteiger partial charge in [-0.1, -0.05) is 0 Å². The topological polar surface area (TPSA) is 129 Å². The zero-order valence-electron chi connectivity index (χ0n) is 13.9. The van der Waals surface area contributed by atoms with E-state index in [1.807, 2.05) is 19.3 Å². The van der Waals surface area contributed by atoms with Gasteiger partial charge in [0.05, 0.1) is 24.1 Å². The third-order valence-electron chi connectivity index (χ3n) is 4.71. The molecular formula is C16H20N8O. The summed E-state index contributed by atoms with van der Waals surface area (Å²) in [5.74, 6) is 0.405. The molecule has 9 heteroatoms. The van der Waals surface area contributed by atoms with Crippen molar-refractivity contribution in [2.24, 2.45) is 12.8 Å². The molecule has 0 saturated carbocycles. The Hall–Kier alpha value is -2.94. The molecule has 9 nitrogen and oxygen atoms in total. The van der Waals surface area contributed by atoms with E-state index < -0.39 is 0 Å². The predicted octanol–water partition coefficient (Wildman–Crippen LogP) is 0.0329. The van der Waals surface area contributed by atoms with Crippen molar-refractivity contribution < 1.29 is 4.79 Å². The van der Waals surface area contributed by atoms with Crippen molar-refractivity contribution in [1.29, 1.82) is 0 Å². The zero-order valence-corrected chi connectivity index (χ0v) is 13.9. The van der Waals surface area contributed by atoms with Crippen molar-refractivity contribution in [2.75, 3.05) is 12.3 Å². The Morgan fingerprint density at radius 3 is 2.80 bits per heavy atom. The van der Waals surface area contributed by atoms with Crippen LogP contribution in [0.25, 0.3) is 16.8 Å². The highest BCUT2D eigenvalue weighted by molar-refractivity contribution is 5.80. The number of aromatic nitrogens is 5. The van der Waals surface area contributed by atoms with Gasteiger partial charge >= 0.3 is 0 Å². The average Bonchev–Trinajstić information content (AvgIpc) is 3.21. The number of anilines is 1. The largest absolute Gasteiger partial charge is 0.384 e. The Labute approximate surface area is 144 Å². The van der Waals surface area contributed by atoms with Gasteiger partial charge in [0.1, 0.15) is 5.82 Å². The lowest BCUT2D eigenvalue weighted by Gasteiger charge is -2.27. The monoisotopic (exact) mass is 340 g/mol. The first kappa shape index (κ1) is 15.6. The van der Waals surface area contributed by atoms with Crippen LogP contribution in [-0.2, 0) is 11.8 Å². The Kier molecular flexibility index (Phi) is 3.65. The lowest BCUT2D eigenvalue weighted by molar-refractivity contribution is -0.120. The van der Waals surface area contributed by atoms with Crippen molar-refractivity contribution in [3.8, 4) is 11.1 Å². The Bertz CT molecular complexity index is 935. The fourth-order valence-corrected chi connectivity index (χ4v) is 3.33. The quantitative estimate of drug-likeness (QED) is 0.617. The van der Waals surface area contributed by atoms with Crippen LogP contribution in [0, 0.1) is 0 Å². The molecule has 4 rings (SSSR count). The molecule has 1 aliphatic heterocycles. The Balaban J connectivity index is 1.70. The number of carbonyl (C=O) groups is 1. The third-order valence-corrected chi connectivity index (χ3v) is 4.71. The normalized spacial score (nSPS) is 20.8. The van der Waals surface area contributed by atoms with Gasteiger partial charge < -0.3 is 16.8 Å². The minimum Gasteiger partial charge on any atom is -0.384 e. The molecule has 0 radical (unpaired) electrons. The molecule has 25 heavy (non-hydrogen) atoms. The summed E-state index contributed by atoms with van der Waals surface area (Å²) < 4.78 is 3.37. The summed E-state index contributed by atoms with van der Waals surface area (Å²) in [6.07, 6.45) is 6.98. The number of primary amides is 1. The number of fused-ring (bicyclic) bond motifs is 1. The van der Waals surface area contributed by atoms with Crippen LogP contribution in [0.4, 0.5) is 5.82 Å². The Morgan fingerprint density at radius 1 is 1.32 bits per heavy atom. The van der Waals surface area contributed by atoms with Gasteiger partial charge in [0, 0.05) is 42.9 Å². The number of nitrogens with zero attached hydrogens (tertiary/aromatic N) is 5. The average molecular weight is 340 g/mol. The number of nitrogens with two attached hydrogens (primary N) is 2. The summed E-state index contributed by atoms with van der Waals surface area (Å²) in [4.78, 5) is 16.1. The van der Waals surface area contributed by atoms with Gasteiger partial charge in [-0.15, -0.1) is 0 Å². The molecule has 5 N–H and O–H groups in total. The number of hydrogen-bond acceptors (Lipinski definition) is 6. The maximum Gasteiger partial charge on any atom is 0.234 e. The maximum atomic E-state index is 11.3. The van der Waals surface area contributed by atoms with Crippen molar-refractivity contribution >= 4 is 17.4 Å². The Morgan fingerprint density at radius 2 is 2.16 bits per heavy atom. The highest BCUT2D eigenvalue weighted by Crippen LogP contribution is 2.29. The van der Waals surface area contributed by atoms with Crippen LogP contribution in [0.15, 0.2) is 24.7 Å². The van der Waals surface area contributed by atoms with Gasteiger partial charge in [-0.05, 0) is 12.8 Å². The first-order valence-electron chi connectivity index (χ1n) is 8.19. The second kappa shape index (κ2) is 5.85. The van der Waals surface area contributed by atoms with E-state index in [1.54, 1.807) is 21.6 Å². The fraction of sp³-hybridized carbons (Fsp3) is 0.375. The van der Waals surface area contributed by atoms with E-state index in [4.69, 9.17) is 16.5 Å². The van der Waals surface area contributed by atoms with E-state index >= 15 is 0 Å². The van der Waals surface area contributed by atoms with E-state index in [9.17, 15) is 4.79 Å². The molecule has 1 amide bonds. The van der Waals surface area contributed by atoms with E-state index in [1.165, 1.54) is 0 Å². The molecule has 1 aliphatic rings. The van der Waals surface area contributed by atoms with Crippen LogP contribution in [0.5, 0.6) is 0 Å². The van der Waals surface area contributed by atoms with E-state index in [2.05, 4.69) is 15.5 Å². The minimum atomic E-state index is -0.309. The first-order chi connectivity index (χ1) is 12.0. The molecule has 130 valence electrons. The summed E-state index contributed by atoms with van der Waals surface area (Å²) in [6, 6.07) is 1.59. The van der Waals surface area contributed by atoms with Gasteiger partial charge in [-0.2, -0.15) is 14.7 Å². The minimum absolute atomic E-state index is 0.180. The number of carbonyl (C=O) groups excluding carboxylic acids is 1. The lowest BCUT2D eigenvalue weighted by atomic mass is 9.91. The number of rotatable bonds is 3. The number of nitrogen functional groups attached to an aromatic ring is 1. The molecule has 1 saturated heterocycles. The van der Waals surface area contributed by atoms with Crippen molar-refractivity contribution in [3.63, 3.8) is 0 Å². The van der Waals surface area contributed by atoms with Gasteiger partial charge in [-0.25, -0.2) is 4.98 Å². The van der Waals surface area contributed by atoms with Crippen molar-refractivity contribution in [1.82, 2.24) is 29.7 Å². The van der Waals surface area contributed by atoms with Gasteiger partial charge in [0.15, 0.2) is 5.65 Å². The highest BCUT2D eigenvalue weighted by atomic mass is 16.1. The van der Waals surface area contributed by atoms with Crippen LogP contribution < -0.4 is 16.8 Å². The van der Waals surface area contributed by atoms with Crippen LogP contribution in [0.1, 0.15) is 24.5 Å². The molecular weight excluding hydrogens is 320 g/mol. The molecule has 2 atom stereocenters. The molecule has 0 aromatic carbocycles. The van der Waals surface area contributed by atoms with Crippen LogP contribution in [0.3, 0.4) is 0 Å². The number of nitrogens with one attached hydrogen (secondary N) is 1. The first-order valence-corrected chi connectivity index (χ1v) is 8.19. The summed E-state index contributed by atoms with van der Waals surface area (Å²) in [5.41, 5.74) is 15.0. The summed E-state index contributed by atoms with van der Waals surface area (Å²) in [7, 11) is 1.87. The summed E-state index contributed by atoms with van der Waals surface area (Å²) in [5, 5.41) is 11.7. The molecule has 3 aromatic rings. The van der Waals surface area contributed by atoms with Gasteiger partial charge in [0.2, 0.25) is 5.91 Å². The third kappa shape index (κ3) is 2.72. The maximum absolute atomic E-state index is 11.3. The molecule has 3 aromatic heterocycles. The number of amides is 1. The second-order valence-corrected chi connectivity index (χ2v) is 6.44. The van der Waals surface area contributed by atoms with Gasteiger partial charge in [0.25, 0.3) is 0 Å². The van der Waals surface area contributed by atoms with Crippen molar-refractivity contribution in [3.05, 3.63) is 30.4 Å². The second-order valence-electron chi connectivity index (χ2n) is 6.44. The molecule has 1 fully saturated rings. The fourth-order valence-electron chi connectivity index (χ4n) is 3.33. The standard InChI is InChI=1S/C16H20N8O/c1-23-8-10(6-20-23)11-7-21-24-14(17)4-13(22-16(11)24)9-2-3-12(15(18)25)19-5-9/h4,6-9,12,19H,2-3,5,17H2,1H3,(H2,18,25)/t9-,12-/m0/s1. The van der Waals surface area contributed by atoms with E-state index in [0.29, 0.717) is 24.4 Å². The molecule has 0 bridgehead atoms. The summed E-state index contributed by atoms with van der Waals surface area (Å²) in [6.45, 7) is 0.645. The molecule has 4 heterocycles. The molecule has 0 aliphatic carbocycles. The number of hydrogen-bond donors (Lipinski definition) is 3. The van der Waals surface area contributed by atoms with Gasteiger partial charge in [-0.3, -0.25) is 9.48 Å². The van der Waals surface area contributed by atoms with E-state index in [0.717, 1.165) is 23.2 Å².